The average Bonchev–Trinajstić information content (AvgIpc) is 2.86. The second-order valence-electron chi connectivity index (χ2n) is 9.60. The predicted molar refractivity (Wildman–Crippen MR) is 154 cm³/mol. The molecule has 0 unspecified atom stereocenters. The van der Waals surface area contributed by atoms with Crippen LogP contribution in [0, 0.1) is 13.8 Å². The number of para-hydroxylation sites is 1. The zero-order chi connectivity index (χ0) is 28.0. The lowest BCUT2D eigenvalue weighted by molar-refractivity contribution is -0.139. The van der Waals surface area contributed by atoms with Gasteiger partial charge in [0.15, 0.2) is 0 Å². The van der Waals surface area contributed by atoms with Gasteiger partial charge in [-0.15, -0.1) is 0 Å². The number of aryl methyl sites for hydroxylation is 2. The second-order valence-corrected chi connectivity index (χ2v) is 12.4. The van der Waals surface area contributed by atoms with Crippen molar-refractivity contribution in [1.29, 1.82) is 0 Å². The molecule has 9 heteroatoms. The highest BCUT2D eigenvalue weighted by atomic mass is 79.9. The van der Waals surface area contributed by atoms with Gasteiger partial charge in [-0.2, -0.15) is 0 Å². The van der Waals surface area contributed by atoms with E-state index in [4.69, 9.17) is 0 Å². The van der Waals surface area contributed by atoms with Crippen molar-refractivity contribution in [2.75, 3.05) is 10.8 Å². The average molecular weight is 601 g/mol. The molecule has 3 rings (SSSR count). The minimum absolute atomic E-state index is 0.0872. The maximum atomic E-state index is 13.9. The fraction of sp³-hybridized carbons (Fsp3) is 0.310. The van der Waals surface area contributed by atoms with Gasteiger partial charge < -0.3 is 10.2 Å². The van der Waals surface area contributed by atoms with Crippen LogP contribution in [0.25, 0.3) is 0 Å². The molecule has 0 bridgehead atoms. The van der Waals surface area contributed by atoms with E-state index in [-0.39, 0.29) is 23.4 Å². The van der Waals surface area contributed by atoms with E-state index in [9.17, 15) is 18.0 Å². The predicted octanol–water partition coefficient (Wildman–Crippen LogP) is 5.20. The Bertz CT molecular complexity index is 1370. The summed E-state index contributed by atoms with van der Waals surface area (Å²) < 4.78 is 29.8. The zero-order valence-corrected chi connectivity index (χ0v) is 24.7. The van der Waals surface area contributed by atoms with Crippen LogP contribution < -0.4 is 9.62 Å². The van der Waals surface area contributed by atoms with Gasteiger partial charge in [0.25, 0.3) is 10.0 Å². The van der Waals surface area contributed by atoms with E-state index in [2.05, 4.69) is 21.2 Å². The summed E-state index contributed by atoms with van der Waals surface area (Å²) in [7, 11) is -4.09. The van der Waals surface area contributed by atoms with Crippen molar-refractivity contribution in [1.82, 2.24) is 10.2 Å². The Morgan fingerprint density at radius 3 is 2.08 bits per heavy atom. The standard InChI is InChI=1S/C29H34BrN3O4S/c1-20(2)31-29(35)23(5)32(18-24-12-14-25(30)15-13-24)28(34)19-33(27-9-7-6-8-22(27)4)38(36,37)26-16-10-21(3)11-17-26/h6-17,20,23H,18-19H2,1-5H3,(H,31,35)/t23-/m1/s1. The normalized spacial score (nSPS) is 12.2. The van der Waals surface area contributed by atoms with Gasteiger partial charge in [0.1, 0.15) is 12.6 Å². The summed E-state index contributed by atoms with van der Waals surface area (Å²) in [6.45, 7) is 8.71. The molecule has 0 heterocycles. The lowest BCUT2D eigenvalue weighted by atomic mass is 10.1. The molecule has 0 radical (unpaired) electrons. The molecule has 1 atom stereocenters. The zero-order valence-electron chi connectivity index (χ0n) is 22.3. The molecule has 0 aliphatic heterocycles. The van der Waals surface area contributed by atoms with E-state index in [0.29, 0.717) is 11.3 Å². The summed E-state index contributed by atoms with van der Waals surface area (Å²) in [5.41, 5.74) is 2.85. The van der Waals surface area contributed by atoms with Crippen LogP contribution in [-0.4, -0.2) is 43.8 Å². The van der Waals surface area contributed by atoms with Crippen LogP contribution in [0.2, 0.25) is 0 Å². The van der Waals surface area contributed by atoms with Crippen LogP contribution in [0.5, 0.6) is 0 Å². The van der Waals surface area contributed by atoms with E-state index in [1.165, 1.54) is 4.90 Å². The summed E-state index contributed by atoms with van der Waals surface area (Å²) in [5, 5.41) is 2.86. The molecular formula is C29H34BrN3O4S. The van der Waals surface area contributed by atoms with Crippen molar-refractivity contribution < 1.29 is 18.0 Å². The molecule has 1 N–H and O–H groups in total. The molecule has 38 heavy (non-hydrogen) atoms. The lowest BCUT2D eigenvalue weighted by Crippen LogP contribution is -2.52. The van der Waals surface area contributed by atoms with E-state index >= 15 is 0 Å². The smallest absolute Gasteiger partial charge is 0.264 e. The molecule has 0 aliphatic rings. The van der Waals surface area contributed by atoms with Crippen molar-refractivity contribution in [3.63, 3.8) is 0 Å². The Morgan fingerprint density at radius 1 is 0.895 bits per heavy atom. The van der Waals surface area contributed by atoms with Crippen LogP contribution in [0.3, 0.4) is 0 Å². The summed E-state index contributed by atoms with van der Waals surface area (Å²) in [6.07, 6.45) is 0. The molecule has 3 aromatic carbocycles. The number of halogens is 1. The molecule has 0 fully saturated rings. The maximum absolute atomic E-state index is 13.9. The number of carbonyl (C=O) groups excluding carboxylic acids is 2. The Kier molecular flexibility index (Phi) is 9.73. The molecule has 3 aromatic rings. The van der Waals surface area contributed by atoms with Gasteiger partial charge in [-0.25, -0.2) is 8.42 Å². The first-order valence-corrected chi connectivity index (χ1v) is 14.6. The fourth-order valence-corrected chi connectivity index (χ4v) is 5.71. The van der Waals surface area contributed by atoms with E-state index < -0.39 is 28.5 Å². The summed E-state index contributed by atoms with van der Waals surface area (Å²) in [5.74, 6) is -0.799. The summed E-state index contributed by atoms with van der Waals surface area (Å²) in [4.78, 5) is 28.4. The van der Waals surface area contributed by atoms with Crippen molar-refractivity contribution in [3.8, 4) is 0 Å². The van der Waals surface area contributed by atoms with Gasteiger partial charge in [-0.1, -0.05) is 64.0 Å². The monoisotopic (exact) mass is 599 g/mol. The number of nitrogens with zero attached hydrogens (tertiary/aromatic N) is 2. The third-order valence-corrected chi connectivity index (χ3v) is 8.44. The first-order valence-electron chi connectivity index (χ1n) is 12.4. The Hall–Kier alpha value is -3.17. The number of rotatable bonds is 10. The van der Waals surface area contributed by atoms with Crippen LogP contribution in [0.1, 0.15) is 37.5 Å². The molecule has 0 saturated carbocycles. The number of nitrogens with one attached hydrogen (secondary N) is 1. The fourth-order valence-electron chi connectivity index (χ4n) is 3.97. The number of benzene rings is 3. The first-order chi connectivity index (χ1) is 17.9. The Labute approximate surface area is 234 Å². The van der Waals surface area contributed by atoms with Crippen LogP contribution in [0.4, 0.5) is 5.69 Å². The third kappa shape index (κ3) is 7.23. The number of amides is 2. The van der Waals surface area contributed by atoms with Crippen LogP contribution in [-0.2, 0) is 26.2 Å². The number of anilines is 1. The molecule has 0 saturated heterocycles. The summed E-state index contributed by atoms with van der Waals surface area (Å²) >= 11 is 3.42. The number of sulfonamides is 1. The van der Waals surface area contributed by atoms with Gasteiger partial charge in [0.2, 0.25) is 11.8 Å². The highest BCUT2D eigenvalue weighted by Crippen LogP contribution is 2.27. The quantitative estimate of drug-likeness (QED) is 0.347. The maximum Gasteiger partial charge on any atom is 0.264 e. The molecule has 0 aliphatic carbocycles. The highest BCUT2D eigenvalue weighted by Gasteiger charge is 2.33. The van der Waals surface area contributed by atoms with Crippen molar-refractivity contribution in [2.45, 2.75) is 58.1 Å². The van der Waals surface area contributed by atoms with Gasteiger partial charge in [0, 0.05) is 17.1 Å². The van der Waals surface area contributed by atoms with Crippen molar-refractivity contribution in [2.24, 2.45) is 0 Å². The van der Waals surface area contributed by atoms with Gasteiger partial charge in [-0.05, 0) is 76.1 Å². The van der Waals surface area contributed by atoms with Gasteiger partial charge in [-0.3, -0.25) is 13.9 Å². The van der Waals surface area contributed by atoms with E-state index in [0.717, 1.165) is 19.9 Å². The third-order valence-electron chi connectivity index (χ3n) is 6.14. The van der Waals surface area contributed by atoms with E-state index in [1.54, 1.807) is 56.3 Å². The summed E-state index contributed by atoms with van der Waals surface area (Å²) in [6, 6.07) is 20.1. The highest BCUT2D eigenvalue weighted by molar-refractivity contribution is 9.10. The molecule has 2 amide bonds. The van der Waals surface area contributed by atoms with Crippen LogP contribution in [0.15, 0.2) is 82.2 Å². The van der Waals surface area contributed by atoms with Gasteiger partial charge in [0.05, 0.1) is 10.6 Å². The van der Waals surface area contributed by atoms with Crippen molar-refractivity contribution in [3.05, 3.63) is 94.0 Å². The Morgan fingerprint density at radius 2 is 1.50 bits per heavy atom. The second kappa shape index (κ2) is 12.6. The molecule has 0 aromatic heterocycles. The SMILES string of the molecule is Cc1ccc(S(=O)(=O)N(CC(=O)N(Cc2ccc(Br)cc2)[C@H](C)C(=O)NC(C)C)c2ccccc2C)cc1. The topological polar surface area (TPSA) is 86.8 Å². The minimum atomic E-state index is -4.09. The molecule has 0 spiro atoms. The van der Waals surface area contributed by atoms with Gasteiger partial charge >= 0.3 is 0 Å². The molecule has 202 valence electrons. The molecular weight excluding hydrogens is 566 g/mol. The van der Waals surface area contributed by atoms with E-state index in [1.807, 2.05) is 51.1 Å². The number of hydrogen-bond acceptors (Lipinski definition) is 4. The largest absolute Gasteiger partial charge is 0.352 e. The first kappa shape index (κ1) is 29.4. The number of carbonyl (C=O) groups is 2. The van der Waals surface area contributed by atoms with Crippen LogP contribution >= 0.6 is 15.9 Å². The number of hydrogen-bond donors (Lipinski definition) is 1. The molecule has 7 nitrogen and oxygen atoms in total. The minimum Gasteiger partial charge on any atom is -0.352 e. The van der Waals surface area contributed by atoms with Crippen molar-refractivity contribution >= 4 is 43.5 Å². The lowest BCUT2D eigenvalue weighted by Gasteiger charge is -2.32. The Balaban J connectivity index is 2.04.